The van der Waals surface area contributed by atoms with Crippen molar-refractivity contribution in [2.24, 2.45) is 11.5 Å². The monoisotopic (exact) mass is 610 g/mol. The van der Waals surface area contributed by atoms with Crippen molar-refractivity contribution in [1.82, 2.24) is 20.9 Å². The standard InChI is InChI=1S/C30H38N6O8/c31-12-4-3-7-23(34-27(40)21(32)14-18-16-33-22-6-2-1-5-20(18)22)28(41)35-24(15-26(38)39)29(42)36-25(30(43)44)13-17-8-10-19(37)11-9-17/h1-2,5-6,8-11,16,21,23-25,33,37H,3-4,7,12-15,31-32H2,(H,34,40)(H,35,41)(H,36,42)(H,38,39)(H,43,44). The first-order chi connectivity index (χ1) is 21.0. The number of hydrogen-bond donors (Lipinski definition) is 9. The third kappa shape index (κ3) is 9.81. The van der Waals surface area contributed by atoms with Gasteiger partial charge in [-0.15, -0.1) is 0 Å². The lowest BCUT2D eigenvalue weighted by molar-refractivity contribution is -0.143. The van der Waals surface area contributed by atoms with Gasteiger partial charge in [-0.05, 0) is 61.6 Å². The minimum atomic E-state index is -1.64. The molecule has 44 heavy (non-hydrogen) atoms. The van der Waals surface area contributed by atoms with Gasteiger partial charge in [0.2, 0.25) is 17.7 Å². The minimum Gasteiger partial charge on any atom is -0.508 e. The Kier molecular flexibility index (Phi) is 12.2. The lowest BCUT2D eigenvalue weighted by atomic mass is 10.0. The molecular weight excluding hydrogens is 572 g/mol. The normalized spacial score (nSPS) is 13.8. The van der Waals surface area contributed by atoms with Crippen molar-refractivity contribution in [1.29, 1.82) is 0 Å². The number of nitrogens with one attached hydrogen (secondary N) is 4. The number of phenolic OH excluding ortho intramolecular Hbond substituents is 1. The van der Waals surface area contributed by atoms with Crippen molar-refractivity contribution < 1.29 is 39.3 Å². The first kappa shape index (κ1) is 33.6. The topological polar surface area (TPSA) is 250 Å². The maximum Gasteiger partial charge on any atom is 0.326 e. The number of para-hydroxylation sites is 1. The van der Waals surface area contributed by atoms with Crippen LogP contribution in [0.5, 0.6) is 5.75 Å². The largest absolute Gasteiger partial charge is 0.508 e. The molecule has 3 amide bonds. The number of phenols is 1. The molecule has 0 aliphatic carbocycles. The molecule has 3 aromatic rings. The zero-order valence-electron chi connectivity index (χ0n) is 24.0. The Morgan fingerprint density at radius 2 is 1.43 bits per heavy atom. The summed E-state index contributed by atoms with van der Waals surface area (Å²) in [7, 11) is 0. The van der Waals surface area contributed by atoms with E-state index in [2.05, 4.69) is 20.9 Å². The summed E-state index contributed by atoms with van der Waals surface area (Å²) in [5.74, 6) is -5.32. The molecular formula is C30H38N6O8. The predicted molar refractivity (Wildman–Crippen MR) is 160 cm³/mol. The molecule has 0 aliphatic heterocycles. The molecule has 1 heterocycles. The van der Waals surface area contributed by atoms with Gasteiger partial charge in [0.05, 0.1) is 12.5 Å². The van der Waals surface area contributed by atoms with Crippen LogP contribution in [0.25, 0.3) is 10.9 Å². The fraction of sp³-hybridized carbons (Fsp3) is 0.367. The number of aliphatic carboxylic acids is 2. The molecule has 4 atom stereocenters. The van der Waals surface area contributed by atoms with E-state index in [0.717, 1.165) is 16.5 Å². The van der Waals surface area contributed by atoms with Crippen LogP contribution in [0.2, 0.25) is 0 Å². The van der Waals surface area contributed by atoms with E-state index in [1.54, 1.807) is 6.20 Å². The van der Waals surface area contributed by atoms with Gasteiger partial charge in [-0.1, -0.05) is 30.3 Å². The molecule has 11 N–H and O–H groups in total. The highest BCUT2D eigenvalue weighted by Gasteiger charge is 2.31. The van der Waals surface area contributed by atoms with E-state index in [4.69, 9.17) is 11.5 Å². The molecule has 4 unspecified atom stereocenters. The number of amides is 3. The predicted octanol–water partition coefficient (Wildman–Crippen LogP) is 0.129. The molecule has 3 rings (SSSR count). The number of carboxylic acid groups (broad SMARTS) is 2. The van der Waals surface area contributed by atoms with Crippen LogP contribution in [0.4, 0.5) is 0 Å². The third-order valence-electron chi connectivity index (χ3n) is 7.03. The zero-order chi connectivity index (χ0) is 32.2. The second kappa shape index (κ2) is 16.0. The van der Waals surface area contributed by atoms with Crippen molar-refractivity contribution in [3.05, 3.63) is 65.9 Å². The van der Waals surface area contributed by atoms with Gasteiger partial charge in [0.15, 0.2) is 0 Å². The number of aromatic nitrogens is 1. The van der Waals surface area contributed by atoms with Gasteiger partial charge in [-0.2, -0.15) is 0 Å². The van der Waals surface area contributed by atoms with E-state index in [-0.39, 0.29) is 25.0 Å². The first-order valence-corrected chi connectivity index (χ1v) is 14.1. The SMILES string of the molecule is NCCCCC(NC(=O)C(N)Cc1c[nH]c2ccccc12)C(=O)NC(CC(=O)O)C(=O)NC(Cc1ccc(O)cc1)C(=O)O. The van der Waals surface area contributed by atoms with E-state index in [9.17, 15) is 39.3 Å². The number of carbonyl (C=O) groups excluding carboxylic acids is 3. The minimum absolute atomic E-state index is 0.0269. The Bertz CT molecular complexity index is 1460. The van der Waals surface area contributed by atoms with E-state index in [0.29, 0.717) is 24.9 Å². The van der Waals surface area contributed by atoms with Crippen molar-refractivity contribution in [2.45, 2.75) is 62.7 Å². The van der Waals surface area contributed by atoms with Crippen LogP contribution in [0.15, 0.2) is 54.7 Å². The molecule has 236 valence electrons. The van der Waals surface area contributed by atoms with Crippen LogP contribution in [0.1, 0.15) is 36.8 Å². The Hall–Kier alpha value is -4.95. The summed E-state index contributed by atoms with van der Waals surface area (Å²) in [6.07, 6.45) is 2.04. The van der Waals surface area contributed by atoms with Gasteiger partial charge >= 0.3 is 11.9 Å². The lowest BCUT2D eigenvalue weighted by Crippen LogP contribution is -2.57. The molecule has 0 aliphatic rings. The first-order valence-electron chi connectivity index (χ1n) is 14.1. The number of hydrogen-bond acceptors (Lipinski definition) is 8. The summed E-state index contributed by atoms with van der Waals surface area (Å²) >= 11 is 0. The summed E-state index contributed by atoms with van der Waals surface area (Å²) in [5, 5.41) is 36.7. The van der Waals surface area contributed by atoms with E-state index in [1.807, 2.05) is 24.3 Å². The van der Waals surface area contributed by atoms with E-state index >= 15 is 0 Å². The maximum atomic E-state index is 13.3. The number of rotatable bonds is 17. The molecule has 0 radical (unpaired) electrons. The summed E-state index contributed by atoms with van der Waals surface area (Å²) in [6.45, 7) is 0.337. The second-order valence-electron chi connectivity index (χ2n) is 10.4. The number of aromatic hydroxyl groups is 1. The van der Waals surface area contributed by atoms with Gasteiger partial charge < -0.3 is 47.7 Å². The quantitative estimate of drug-likeness (QED) is 0.0934. The Balaban J connectivity index is 1.70. The summed E-state index contributed by atoms with van der Waals surface area (Å²) in [4.78, 5) is 66.0. The molecule has 0 saturated heterocycles. The van der Waals surface area contributed by atoms with Gasteiger partial charge in [0.1, 0.15) is 23.9 Å². The van der Waals surface area contributed by atoms with Crippen LogP contribution >= 0.6 is 0 Å². The van der Waals surface area contributed by atoms with Gasteiger partial charge in [-0.25, -0.2) is 4.79 Å². The molecule has 1 aromatic heterocycles. The Morgan fingerprint density at radius 3 is 2.09 bits per heavy atom. The molecule has 2 aromatic carbocycles. The van der Waals surface area contributed by atoms with E-state index in [1.165, 1.54) is 24.3 Å². The molecule has 14 heteroatoms. The molecule has 0 spiro atoms. The molecule has 0 saturated carbocycles. The highest BCUT2D eigenvalue weighted by atomic mass is 16.4. The fourth-order valence-corrected chi connectivity index (χ4v) is 4.67. The van der Waals surface area contributed by atoms with Gasteiger partial charge in [-0.3, -0.25) is 19.2 Å². The molecule has 0 bridgehead atoms. The number of carbonyl (C=O) groups is 5. The molecule has 0 fully saturated rings. The van der Waals surface area contributed by atoms with Crippen molar-refractivity contribution in [2.75, 3.05) is 6.54 Å². The second-order valence-corrected chi connectivity index (χ2v) is 10.4. The van der Waals surface area contributed by atoms with Gasteiger partial charge in [0, 0.05) is 23.5 Å². The average Bonchev–Trinajstić information content (AvgIpc) is 3.39. The molecule has 14 nitrogen and oxygen atoms in total. The Morgan fingerprint density at radius 1 is 0.795 bits per heavy atom. The maximum absolute atomic E-state index is 13.3. The van der Waals surface area contributed by atoms with Crippen molar-refractivity contribution >= 4 is 40.6 Å². The third-order valence-corrected chi connectivity index (χ3v) is 7.03. The average molecular weight is 611 g/mol. The summed E-state index contributed by atoms with van der Waals surface area (Å²) in [5.41, 5.74) is 13.9. The number of benzene rings is 2. The lowest BCUT2D eigenvalue weighted by Gasteiger charge is -2.24. The number of carboxylic acids is 2. The summed E-state index contributed by atoms with van der Waals surface area (Å²) < 4.78 is 0. The van der Waals surface area contributed by atoms with Crippen LogP contribution in [-0.4, -0.2) is 80.7 Å². The van der Waals surface area contributed by atoms with Gasteiger partial charge in [0.25, 0.3) is 0 Å². The van der Waals surface area contributed by atoms with Crippen LogP contribution in [-0.2, 0) is 36.8 Å². The van der Waals surface area contributed by atoms with E-state index < -0.39 is 60.2 Å². The number of aromatic amines is 1. The van der Waals surface area contributed by atoms with Crippen molar-refractivity contribution in [3.63, 3.8) is 0 Å². The fourth-order valence-electron chi connectivity index (χ4n) is 4.67. The smallest absolute Gasteiger partial charge is 0.326 e. The highest BCUT2D eigenvalue weighted by molar-refractivity contribution is 5.96. The van der Waals surface area contributed by atoms with Crippen molar-refractivity contribution in [3.8, 4) is 5.75 Å². The number of H-pyrrole nitrogens is 1. The number of unbranched alkanes of at least 4 members (excludes halogenated alkanes) is 1. The van der Waals surface area contributed by atoms with Crippen LogP contribution < -0.4 is 27.4 Å². The number of fused-ring (bicyclic) bond motifs is 1. The van der Waals surface area contributed by atoms with Crippen LogP contribution in [0.3, 0.4) is 0 Å². The number of nitrogens with two attached hydrogens (primary N) is 2. The Labute approximate surface area is 253 Å². The van der Waals surface area contributed by atoms with Crippen LogP contribution in [0, 0.1) is 0 Å². The zero-order valence-corrected chi connectivity index (χ0v) is 24.0. The summed E-state index contributed by atoms with van der Waals surface area (Å²) in [6, 6.07) is 7.89. The highest BCUT2D eigenvalue weighted by Crippen LogP contribution is 2.19.